The molecule has 20 heavy (non-hydrogen) atoms. The summed E-state index contributed by atoms with van der Waals surface area (Å²) < 4.78 is 5.86. The van der Waals surface area contributed by atoms with Crippen molar-refractivity contribution in [2.75, 3.05) is 0 Å². The summed E-state index contributed by atoms with van der Waals surface area (Å²) in [5.74, 6) is 3.36. The molecule has 0 fully saturated rings. The predicted molar refractivity (Wildman–Crippen MR) is 91.0 cm³/mol. The molecule has 0 saturated heterocycles. The molecule has 0 bridgehead atoms. The van der Waals surface area contributed by atoms with Gasteiger partial charge in [-0.3, -0.25) is 0 Å². The van der Waals surface area contributed by atoms with Crippen LogP contribution in [-0.4, -0.2) is 12.3 Å². The summed E-state index contributed by atoms with van der Waals surface area (Å²) >= 11 is -3.10. The SMILES string of the molecule is CC(C)(C)C#[C][Ge]([Cl])([c]1ccccc1)[c]1ccccc1. The van der Waals surface area contributed by atoms with Crippen molar-refractivity contribution in [2.45, 2.75) is 20.8 Å². The van der Waals surface area contributed by atoms with Crippen molar-refractivity contribution in [2.24, 2.45) is 5.41 Å². The summed E-state index contributed by atoms with van der Waals surface area (Å²) in [6.45, 7) is 6.36. The molecule has 0 N–H and O–H groups in total. The van der Waals surface area contributed by atoms with Gasteiger partial charge in [0.25, 0.3) is 0 Å². The maximum atomic E-state index is 7.11. The number of halogens is 1. The zero-order chi connectivity index (χ0) is 14.6. The van der Waals surface area contributed by atoms with Crippen LogP contribution in [0.5, 0.6) is 0 Å². The van der Waals surface area contributed by atoms with Crippen LogP contribution < -0.4 is 8.79 Å². The Morgan fingerprint density at radius 1 is 0.800 bits per heavy atom. The predicted octanol–water partition coefficient (Wildman–Crippen LogP) is 3.57. The second-order valence-electron chi connectivity index (χ2n) is 5.89. The first-order valence-electron chi connectivity index (χ1n) is 6.76. The van der Waals surface area contributed by atoms with Crippen molar-refractivity contribution in [1.29, 1.82) is 0 Å². The molecule has 0 aromatic heterocycles. The van der Waals surface area contributed by atoms with E-state index in [4.69, 9.17) is 10.0 Å². The van der Waals surface area contributed by atoms with Gasteiger partial charge >= 0.3 is 129 Å². The molecular formula is C18H19ClGe. The fourth-order valence-electron chi connectivity index (χ4n) is 1.92. The van der Waals surface area contributed by atoms with E-state index in [1.54, 1.807) is 0 Å². The quantitative estimate of drug-likeness (QED) is 0.578. The Morgan fingerprint density at radius 3 is 1.55 bits per heavy atom. The van der Waals surface area contributed by atoms with Crippen molar-refractivity contribution in [3.05, 3.63) is 60.7 Å². The van der Waals surface area contributed by atoms with Gasteiger partial charge in [-0.1, -0.05) is 0 Å². The number of hydrogen-bond acceptors (Lipinski definition) is 0. The molecule has 0 aliphatic rings. The third kappa shape index (κ3) is 3.69. The standard InChI is InChI=1S/C18H19ClGe/c1-18(2,3)14-15-20(19,16-10-6-4-7-11-16)17-12-8-5-9-13-17/h4-13H,1-3H3. The molecule has 0 aliphatic heterocycles. The van der Waals surface area contributed by atoms with Crippen molar-refractivity contribution in [3.8, 4) is 10.7 Å². The van der Waals surface area contributed by atoms with E-state index in [2.05, 4.69) is 55.7 Å². The van der Waals surface area contributed by atoms with E-state index in [0.717, 1.165) is 0 Å². The van der Waals surface area contributed by atoms with Crippen LogP contribution in [-0.2, 0) is 0 Å². The molecule has 0 spiro atoms. The molecule has 2 rings (SSSR count). The van der Waals surface area contributed by atoms with E-state index in [-0.39, 0.29) is 5.41 Å². The van der Waals surface area contributed by atoms with Crippen LogP contribution in [0.2, 0.25) is 0 Å². The molecule has 0 saturated carbocycles. The third-order valence-electron chi connectivity index (χ3n) is 2.95. The van der Waals surface area contributed by atoms with E-state index in [9.17, 15) is 0 Å². The van der Waals surface area contributed by atoms with Crippen LogP contribution in [0.4, 0.5) is 0 Å². The van der Waals surface area contributed by atoms with Crippen LogP contribution in [0.15, 0.2) is 60.7 Å². The first-order chi connectivity index (χ1) is 9.42. The van der Waals surface area contributed by atoms with Gasteiger partial charge in [-0.15, -0.1) is 0 Å². The fraction of sp³-hybridized carbons (Fsp3) is 0.222. The van der Waals surface area contributed by atoms with Crippen LogP contribution in [0, 0.1) is 16.1 Å². The van der Waals surface area contributed by atoms with Crippen LogP contribution >= 0.6 is 10.0 Å². The van der Waals surface area contributed by atoms with Gasteiger partial charge in [-0.25, -0.2) is 0 Å². The average Bonchev–Trinajstić information content (AvgIpc) is 2.46. The molecule has 0 heterocycles. The second kappa shape index (κ2) is 6.08. The molecule has 0 amide bonds. The van der Waals surface area contributed by atoms with Gasteiger partial charge in [-0.2, -0.15) is 0 Å². The van der Waals surface area contributed by atoms with Gasteiger partial charge in [0.05, 0.1) is 0 Å². The van der Waals surface area contributed by atoms with Gasteiger partial charge in [-0.05, 0) is 0 Å². The molecule has 0 unspecified atom stereocenters. The average molecular weight is 343 g/mol. The molecule has 2 heteroatoms. The van der Waals surface area contributed by atoms with E-state index in [1.165, 1.54) is 8.79 Å². The van der Waals surface area contributed by atoms with Crippen molar-refractivity contribution in [3.63, 3.8) is 0 Å². The number of hydrogen-bond donors (Lipinski definition) is 0. The molecular weight excluding hydrogens is 324 g/mol. The van der Waals surface area contributed by atoms with E-state index < -0.39 is 12.3 Å². The molecule has 102 valence electrons. The molecule has 0 radical (unpaired) electrons. The van der Waals surface area contributed by atoms with Gasteiger partial charge in [0.15, 0.2) is 0 Å². The first kappa shape index (κ1) is 15.2. The Labute approximate surface area is 128 Å². The van der Waals surface area contributed by atoms with Crippen molar-refractivity contribution < 1.29 is 0 Å². The Bertz CT molecular complexity index is 576. The summed E-state index contributed by atoms with van der Waals surface area (Å²) in [4.78, 5) is 0. The Hall–Kier alpha value is -1.17. The number of benzene rings is 2. The summed E-state index contributed by atoms with van der Waals surface area (Å²) in [7, 11) is 7.11. The summed E-state index contributed by atoms with van der Waals surface area (Å²) in [5.41, 5.74) is -0.0328. The summed E-state index contributed by atoms with van der Waals surface area (Å²) in [5, 5.41) is 0. The normalized spacial score (nSPS) is 11.6. The van der Waals surface area contributed by atoms with E-state index in [1.807, 2.05) is 36.4 Å². The van der Waals surface area contributed by atoms with Crippen molar-refractivity contribution in [1.82, 2.24) is 0 Å². The van der Waals surface area contributed by atoms with Crippen LogP contribution in [0.3, 0.4) is 0 Å². The van der Waals surface area contributed by atoms with Crippen LogP contribution in [0.1, 0.15) is 20.8 Å². The second-order valence-corrected chi connectivity index (χ2v) is 14.5. The molecule has 2 aromatic rings. The zero-order valence-electron chi connectivity index (χ0n) is 12.2. The fourth-order valence-corrected chi connectivity index (χ4v) is 8.66. The van der Waals surface area contributed by atoms with E-state index in [0.29, 0.717) is 0 Å². The molecule has 0 nitrogen and oxygen atoms in total. The van der Waals surface area contributed by atoms with Gasteiger partial charge < -0.3 is 0 Å². The summed E-state index contributed by atoms with van der Waals surface area (Å²) in [6, 6.07) is 20.6. The van der Waals surface area contributed by atoms with Crippen LogP contribution in [0.25, 0.3) is 0 Å². The maximum absolute atomic E-state index is 7.11. The third-order valence-corrected chi connectivity index (χ3v) is 11.4. The van der Waals surface area contributed by atoms with Crippen molar-refractivity contribution >= 4 is 31.1 Å². The minimum absolute atomic E-state index is 0.0328. The zero-order valence-corrected chi connectivity index (χ0v) is 15.0. The van der Waals surface area contributed by atoms with Gasteiger partial charge in [0.1, 0.15) is 0 Å². The van der Waals surface area contributed by atoms with Gasteiger partial charge in [0.2, 0.25) is 0 Å². The molecule has 0 aliphatic carbocycles. The summed E-state index contributed by atoms with van der Waals surface area (Å²) in [6.07, 6.45) is 0. The number of rotatable bonds is 2. The Balaban J connectivity index is 2.58. The molecule has 2 aromatic carbocycles. The molecule has 0 atom stereocenters. The first-order valence-corrected chi connectivity index (χ1v) is 12.7. The Kier molecular flexibility index (Phi) is 4.63. The topological polar surface area (TPSA) is 0 Å². The van der Waals surface area contributed by atoms with E-state index >= 15 is 0 Å². The Morgan fingerprint density at radius 2 is 1.20 bits per heavy atom. The van der Waals surface area contributed by atoms with Gasteiger partial charge in [0, 0.05) is 0 Å². The monoisotopic (exact) mass is 344 g/mol. The minimum atomic E-state index is -3.10.